The lowest BCUT2D eigenvalue weighted by Gasteiger charge is -2.32. The normalized spacial score (nSPS) is 22.6. The minimum absolute atomic E-state index is 0.115. The Morgan fingerprint density at radius 2 is 2.20 bits per heavy atom. The van der Waals surface area contributed by atoms with E-state index in [0.29, 0.717) is 25.3 Å². The number of carbonyl (C=O) groups is 1. The Hall–Kier alpha value is -2.33. The van der Waals surface area contributed by atoms with Gasteiger partial charge in [-0.3, -0.25) is 15.2 Å². The van der Waals surface area contributed by atoms with Gasteiger partial charge < -0.3 is 14.2 Å². The molecule has 2 saturated heterocycles. The smallest absolute Gasteiger partial charge is 0.253 e. The lowest BCUT2D eigenvalue weighted by atomic mass is 9.98. The number of aromatic nitrogens is 1. The Morgan fingerprint density at radius 1 is 1.30 bits per heavy atom. The van der Waals surface area contributed by atoms with E-state index in [9.17, 15) is 13.6 Å². The zero-order valence-corrected chi connectivity index (χ0v) is 17.4. The molecule has 0 aliphatic carbocycles. The molecule has 1 aromatic heterocycles. The number of amides is 1. The van der Waals surface area contributed by atoms with Gasteiger partial charge >= 0.3 is 0 Å². The third kappa shape index (κ3) is 5.04. The number of rotatable bonds is 6. The minimum Gasteiger partial charge on any atom is -0.492 e. The number of ether oxygens (including phenoxy) is 1. The molecule has 4 rings (SSSR count). The number of likely N-dealkylation sites (tertiary alicyclic amines) is 1. The Balaban J connectivity index is 1.32. The van der Waals surface area contributed by atoms with E-state index in [-0.39, 0.29) is 22.8 Å². The van der Waals surface area contributed by atoms with E-state index in [4.69, 9.17) is 4.74 Å². The van der Waals surface area contributed by atoms with Crippen LogP contribution in [0.5, 0.6) is 5.75 Å². The number of benzene rings is 1. The third-order valence-electron chi connectivity index (χ3n) is 5.53. The van der Waals surface area contributed by atoms with Crippen LogP contribution >= 0.6 is 0 Å². The fraction of sp³-hybridized carbons (Fsp3) is 0.429. The van der Waals surface area contributed by atoms with Gasteiger partial charge in [0.25, 0.3) is 5.91 Å². The quantitative estimate of drug-likeness (QED) is 0.603. The van der Waals surface area contributed by atoms with Crippen LogP contribution in [0.3, 0.4) is 0 Å². The van der Waals surface area contributed by atoms with E-state index in [1.165, 1.54) is 6.07 Å². The van der Waals surface area contributed by atoms with Crippen LogP contribution in [0.15, 0.2) is 47.5 Å². The largest absolute Gasteiger partial charge is 0.492 e. The fourth-order valence-electron chi connectivity index (χ4n) is 3.91. The molecule has 2 unspecified atom stereocenters. The van der Waals surface area contributed by atoms with E-state index in [1.807, 2.05) is 12.1 Å². The number of hydrogen-bond donors (Lipinski definition) is 3. The molecule has 30 heavy (non-hydrogen) atoms. The highest BCUT2D eigenvalue weighted by molar-refractivity contribution is 7.79. The first-order chi connectivity index (χ1) is 14.6. The molecule has 0 bridgehead atoms. The van der Waals surface area contributed by atoms with Gasteiger partial charge in [0.15, 0.2) is 11.1 Å². The van der Waals surface area contributed by atoms with Crippen molar-refractivity contribution in [2.45, 2.75) is 30.2 Å². The van der Waals surface area contributed by atoms with Gasteiger partial charge in [-0.1, -0.05) is 6.07 Å². The van der Waals surface area contributed by atoms with Crippen LogP contribution in [-0.4, -0.2) is 50.8 Å². The second kappa shape index (κ2) is 9.65. The molecular formula is C21H26N4O4S. The van der Waals surface area contributed by atoms with Crippen molar-refractivity contribution in [3.8, 4) is 5.75 Å². The van der Waals surface area contributed by atoms with Crippen molar-refractivity contribution in [3.05, 3.63) is 53.9 Å². The van der Waals surface area contributed by atoms with E-state index in [0.717, 1.165) is 37.3 Å². The first-order valence-electron chi connectivity index (χ1n) is 10.2. The van der Waals surface area contributed by atoms with Crippen molar-refractivity contribution in [2.75, 3.05) is 26.2 Å². The molecule has 9 heteroatoms. The summed E-state index contributed by atoms with van der Waals surface area (Å²) >= 11 is -2.10. The van der Waals surface area contributed by atoms with Crippen LogP contribution in [0.1, 0.15) is 41.4 Å². The summed E-state index contributed by atoms with van der Waals surface area (Å²) < 4.78 is 26.5. The molecule has 3 N–H and O–H groups in total. The van der Waals surface area contributed by atoms with Gasteiger partial charge in [-0.15, -0.1) is 0 Å². The number of nitrogens with zero attached hydrogens (tertiary/aromatic N) is 2. The number of hydrazine groups is 1. The minimum atomic E-state index is -2.10. The fourth-order valence-corrected chi connectivity index (χ4v) is 4.33. The standard InChI is InChI=1S/C21H26N4O4S/c26-21(16-4-1-5-18(11-16)30(27)28)25-10-2-3-15(13-25)14-29-17-6-7-19(22-12-17)20-8-9-23-24-20/h1,4-7,11-12,15,20,23-24H,2-3,8-10,13-14H2,(H,27,28)/t15-,20?/m1/s1. The molecule has 2 aliphatic rings. The lowest BCUT2D eigenvalue weighted by Crippen LogP contribution is -2.41. The molecule has 0 spiro atoms. The van der Waals surface area contributed by atoms with Crippen molar-refractivity contribution in [1.29, 1.82) is 0 Å². The third-order valence-corrected chi connectivity index (χ3v) is 6.18. The first kappa shape index (κ1) is 20.9. The van der Waals surface area contributed by atoms with Gasteiger partial charge in [0.05, 0.1) is 29.4 Å². The maximum atomic E-state index is 12.8. The summed E-state index contributed by atoms with van der Waals surface area (Å²) in [6, 6.07) is 10.5. The number of hydrogen-bond acceptors (Lipinski definition) is 6. The van der Waals surface area contributed by atoms with Crippen molar-refractivity contribution >= 4 is 17.0 Å². The van der Waals surface area contributed by atoms with Crippen LogP contribution < -0.4 is 15.6 Å². The Bertz CT molecular complexity index is 902. The van der Waals surface area contributed by atoms with Gasteiger partial charge in [0.2, 0.25) is 0 Å². The zero-order valence-electron chi connectivity index (χ0n) is 16.6. The Morgan fingerprint density at radius 3 is 2.93 bits per heavy atom. The number of carbonyl (C=O) groups excluding carboxylic acids is 1. The summed E-state index contributed by atoms with van der Waals surface area (Å²) in [5.74, 6) is 0.847. The first-order valence-corrected chi connectivity index (χ1v) is 11.3. The molecule has 2 fully saturated rings. The van der Waals surface area contributed by atoms with Crippen molar-refractivity contribution in [3.63, 3.8) is 0 Å². The molecule has 1 amide bonds. The van der Waals surface area contributed by atoms with Crippen LogP contribution in [0.25, 0.3) is 0 Å². The summed E-state index contributed by atoms with van der Waals surface area (Å²) in [5, 5.41) is 0. The Kier molecular flexibility index (Phi) is 6.73. The number of piperidine rings is 1. The highest BCUT2D eigenvalue weighted by Gasteiger charge is 2.25. The van der Waals surface area contributed by atoms with E-state index < -0.39 is 11.1 Å². The summed E-state index contributed by atoms with van der Waals surface area (Å²) in [7, 11) is 0. The highest BCUT2D eigenvalue weighted by atomic mass is 32.2. The van der Waals surface area contributed by atoms with E-state index in [1.54, 1.807) is 29.3 Å². The van der Waals surface area contributed by atoms with Gasteiger partial charge in [-0.05, 0) is 49.6 Å². The van der Waals surface area contributed by atoms with E-state index >= 15 is 0 Å². The van der Waals surface area contributed by atoms with Gasteiger partial charge in [0.1, 0.15) is 5.75 Å². The summed E-state index contributed by atoms with van der Waals surface area (Å²) in [6.07, 6.45) is 4.66. The van der Waals surface area contributed by atoms with Crippen LogP contribution in [-0.2, 0) is 11.1 Å². The molecule has 3 heterocycles. The predicted molar refractivity (Wildman–Crippen MR) is 112 cm³/mol. The molecule has 2 aromatic rings. The molecular weight excluding hydrogens is 404 g/mol. The average Bonchev–Trinajstić information content (AvgIpc) is 3.33. The van der Waals surface area contributed by atoms with E-state index in [2.05, 4.69) is 15.8 Å². The van der Waals surface area contributed by atoms with Crippen LogP contribution in [0.4, 0.5) is 0 Å². The van der Waals surface area contributed by atoms with Crippen LogP contribution in [0.2, 0.25) is 0 Å². The maximum absolute atomic E-state index is 12.8. The number of nitrogens with one attached hydrogen (secondary N) is 2. The molecule has 0 radical (unpaired) electrons. The lowest BCUT2D eigenvalue weighted by molar-refractivity contribution is 0.0633. The summed E-state index contributed by atoms with van der Waals surface area (Å²) in [6.45, 7) is 2.74. The van der Waals surface area contributed by atoms with Crippen molar-refractivity contribution in [1.82, 2.24) is 20.7 Å². The summed E-state index contributed by atoms with van der Waals surface area (Å²) in [4.78, 5) is 19.4. The average molecular weight is 431 g/mol. The molecule has 8 nitrogen and oxygen atoms in total. The second-order valence-corrected chi connectivity index (χ2v) is 8.65. The molecule has 0 saturated carbocycles. The molecule has 1 aromatic carbocycles. The molecule has 2 aliphatic heterocycles. The highest BCUT2D eigenvalue weighted by Crippen LogP contribution is 2.22. The topological polar surface area (TPSA) is 104 Å². The zero-order chi connectivity index (χ0) is 20.9. The van der Waals surface area contributed by atoms with Crippen molar-refractivity contribution < 1.29 is 18.3 Å². The molecule has 160 valence electrons. The summed E-state index contributed by atoms with van der Waals surface area (Å²) in [5.41, 5.74) is 7.73. The maximum Gasteiger partial charge on any atom is 0.253 e. The van der Waals surface area contributed by atoms with Gasteiger partial charge in [-0.2, -0.15) is 0 Å². The van der Waals surface area contributed by atoms with Gasteiger partial charge in [0, 0.05) is 31.1 Å². The monoisotopic (exact) mass is 430 g/mol. The second-order valence-electron chi connectivity index (χ2n) is 7.68. The number of pyridine rings is 1. The SMILES string of the molecule is O=C(c1cccc(S(=O)O)c1)N1CCC[C@@H](COc2ccc(C3CCNN3)nc2)C1. The predicted octanol–water partition coefficient (Wildman–Crippen LogP) is 2.13. The van der Waals surface area contributed by atoms with Gasteiger partial charge in [-0.25, -0.2) is 9.63 Å². The van der Waals surface area contributed by atoms with Crippen molar-refractivity contribution in [2.24, 2.45) is 5.92 Å². The molecule has 3 atom stereocenters. The van der Waals surface area contributed by atoms with Crippen LogP contribution in [0, 0.1) is 5.92 Å². The Labute approximate surface area is 178 Å².